The lowest BCUT2D eigenvalue weighted by atomic mass is 10.8. The number of hydrogen-bond acceptors (Lipinski definition) is 3. The van der Waals surface area contributed by atoms with Gasteiger partial charge in [-0.15, -0.1) is 0 Å². The molecule has 2 N–H and O–H groups in total. The average Bonchev–Trinajstić information content (AvgIpc) is 1.69. The van der Waals surface area contributed by atoms with Crippen molar-refractivity contribution in [3.8, 4) is 0 Å². The second-order valence-electron chi connectivity index (χ2n) is 0.986. The van der Waals surface area contributed by atoms with Gasteiger partial charge in [0.1, 0.15) is 6.61 Å². The second kappa shape index (κ2) is 5.43. The average molecular weight is 102 g/mol. The Kier molecular flexibility index (Phi) is 4.99. The van der Waals surface area contributed by atoms with Crippen LogP contribution in [0.4, 0.5) is 0 Å². The van der Waals surface area contributed by atoms with Crippen molar-refractivity contribution in [1.82, 2.24) is 0 Å². The molecule has 0 aliphatic rings. The summed E-state index contributed by atoms with van der Waals surface area (Å²) < 4.78 is 0. The monoisotopic (exact) mass is 102 g/mol. The highest BCUT2D eigenvalue weighted by Crippen LogP contribution is 1.67. The minimum atomic E-state index is 0.504. The topological polar surface area (TPSA) is 47.6 Å². The van der Waals surface area contributed by atoms with Crippen molar-refractivity contribution in [2.45, 2.75) is 6.92 Å². The molecule has 0 atom stereocenters. The predicted molar refractivity (Wildman–Crippen MR) is 29.2 cm³/mol. The van der Waals surface area contributed by atoms with Gasteiger partial charge in [0.25, 0.3) is 0 Å². The lowest BCUT2D eigenvalue weighted by Gasteiger charge is -1.89. The third kappa shape index (κ3) is 5.43. The van der Waals surface area contributed by atoms with Crippen LogP contribution in [0.25, 0.3) is 0 Å². The molecule has 0 aromatic carbocycles. The highest BCUT2D eigenvalue weighted by Gasteiger charge is 1.71. The molecule has 3 nitrogen and oxygen atoms in total. The molecule has 0 aliphatic heterocycles. The number of oxime groups is 1. The minimum Gasteiger partial charge on any atom is -0.395 e. The van der Waals surface area contributed by atoms with Crippen LogP contribution in [0.15, 0.2) is 5.16 Å². The highest BCUT2D eigenvalue weighted by atomic mass is 16.6. The van der Waals surface area contributed by atoms with Gasteiger partial charge in [-0.2, -0.15) is 0 Å². The summed E-state index contributed by atoms with van der Waals surface area (Å²) in [6, 6.07) is 0. The van der Waals surface area contributed by atoms with Crippen LogP contribution >= 0.6 is 0 Å². The van der Waals surface area contributed by atoms with Crippen LogP contribution in [0.5, 0.6) is 0 Å². The van der Waals surface area contributed by atoms with E-state index in [1.165, 1.54) is 0 Å². The second-order valence-corrected chi connectivity index (χ2v) is 0.986. The van der Waals surface area contributed by atoms with Gasteiger partial charge in [-0.3, -0.25) is 0 Å². The Hall–Kier alpha value is -0.570. The van der Waals surface area contributed by atoms with Gasteiger partial charge in [-0.05, 0) is 6.92 Å². The van der Waals surface area contributed by atoms with E-state index in [1.54, 1.807) is 13.1 Å². The van der Waals surface area contributed by atoms with Crippen LogP contribution in [0.2, 0.25) is 0 Å². The van der Waals surface area contributed by atoms with Crippen LogP contribution in [-0.4, -0.2) is 19.4 Å². The molecule has 0 aromatic rings. The van der Waals surface area contributed by atoms with Crippen molar-refractivity contribution in [1.29, 1.82) is 0 Å². The van der Waals surface area contributed by atoms with Gasteiger partial charge >= 0.3 is 0 Å². The molecule has 7 heavy (non-hydrogen) atoms. The van der Waals surface area contributed by atoms with Crippen LogP contribution in [0.3, 0.4) is 0 Å². The maximum Gasteiger partial charge on any atom is 0.129 e. The fourth-order valence-corrected chi connectivity index (χ4v) is 0.180. The van der Waals surface area contributed by atoms with E-state index < -0.39 is 0 Å². The van der Waals surface area contributed by atoms with Crippen molar-refractivity contribution in [3.05, 3.63) is 0 Å². The molecule has 0 unspecified atom stereocenters. The summed E-state index contributed by atoms with van der Waals surface area (Å²) in [5, 5.41) is 3.46. The van der Waals surface area contributed by atoms with Gasteiger partial charge in [0.05, 0.1) is 0 Å². The van der Waals surface area contributed by atoms with Crippen LogP contribution in [-0.2, 0) is 4.84 Å². The summed E-state index contributed by atoms with van der Waals surface area (Å²) in [5.41, 5.74) is 5.07. The van der Waals surface area contributed by atoms with Crippen molar-refractivity contribution < 1.29 is 4.84 Å². The molecule has 0 bridgehead atoms. The molecule has 0 heterocycles. The quantitative estimate of drug-likeness (QED) is 0.309. The van der Waals surface area contributed by atoms with Gasteiger partial charge in [0.2, 0.25) is 0 Å². The zero-order valence-corrected chi connectivity index (χ0v) is 4.42. The zero-order valence-electron chi connectivity index (χ0n) is 4.42. The Bertz CT molecular complexity index is 53.7. The Labute approximate surface area is 43.1 Å². The first-order valence-corrected chi connectivity index (χ1v) is 2.22. The van der Waals surface area contributed by atoms with Crippen molar-refractivity contribution in [3.63, 3.8) is 0 Å². The molecule has 0 saturated carbocycles. The Morgan fingerprint density at radius 2 is 2.57 bits per heavy atom. The molecule has 42 valence electrons. The van der Waals surface area contributed by atoms with E-state index in [2.05, 4.69) is 9.99 Å². The number of rotatable bonds is 3. The molecule has 0 fully saturated rings. The van der Waals surface area contributed by atoms with E-state index in [0.29, 0.717) is 13.2 Å². The Morgan fingerprint density at radius 1 is 1.86 bits per heavy atom. The van der Waals surface area contributed by atoms with Crippen LogP contribution in [0.1, 0.15) is 6.92 Å². The first-order chi connectivity index (χ1) is 3.41. The summed E-state index contributed by atoms with van der Waals surface area (Å²) in [6.45, 7) is 2.82. The summed E-state index contributed by atoms with van der Waals surface area (Å²) in [4.78, 5) is 4.58. The van der Waals surface area contributed by atoms with Gasteiger partial charge in [0.15, 0.2) is 0 Å². The Balaban J connectivity index is 2.69. The maximum absolute atomic E-state index is 5.07. The Morgan fingerprint density at radius 3 is 3.00 bits per heavy atom. The van der Waals surface area contributed by atoms with E-state index in [9.17, 15) is 0 Å². The third-order valence-electron chi connectivity index (χ3n) is 0.389. The first kappa shape index (κ1) is 6.43. The van der Waals surface area contributed by atoms with Gasteiger partial charge in [-0.25, -0.2) is 0 Å². The molecule has 3 heteroatoms. The highest BCUT2D eigenvalue weighted by molar-refractivity contribution is 5.52. The molecule has 0 rings (SSSR count). The van der Waals surface area contributed by atoms with Crippen LogP contribution in [0, 0.1) is 0 Å². The van der Waals surface area contributed by atoms with E-state index in [-0.39, 0.29) is 0 Å². The molecule has 0 aliphatic carbocycles. The normalized spacial score (nSPS) is 10.0. The molecule has 0 amide bonds. The SMILES string of the molecule is C/C=N/OCCN. The summed E-state index contributed by atoms with van der Waals surface area (Å²) in [5.74, 6) is 0. The van der Waals surface area contributed by atoms with E-state index in [1.807, 2.05) is 0 Å². The molecule has 0 saturated heterocycles. The number of nitrogens with zero attached hydrogens (tertiary/aromatic N) is 1. The molecular weight excluding hydrogens is 92.1 g/mol. The fraction of sp³-hybridized carbons (Fsp3) is 0.750. The largest absolute Gasteiger partial charge is 0.395 e. The lowest BCUT2D eigenvalue weighted by molar-refractivity contribution is 0.153. The molecule has 0 radical (unpaired) electrons. The van der Waals surface area contributed by atoms with Crippen molar-refractivity contribution >= 4 is 6.21 Å². The van der Waals surface area contributed by atoms with Crippen molar-refractivity contribution in [2.75, 3.05) is 13.2 Å². The first-order valence-electron chi connectivity index (χ1n) is 2.22. The minimum absolute atomic E-state index is 0.504. The summed E-state index contributed by atoms with van der Waals surface area (Å²) in [7, 11) is 0. The molecule has 0 spiro atoms. The smallest absolute Gasteiger partial charge is 0.129 e. The van der Waals surface area contributed by atoms with E-state index >= 15 is 0 Å². The number of hydrogen-bond donors (Lipinski definition) is 1. The zero-order chi connectivity index (χ0) is 5.54. The van der Waals surface area contributed by atoms with Crippen LogP contribution < -0.4 is 5.73 Å². The van der Waals surface area contributed by atoms with Crippen molar-refractivity contribution in [2.24, 2.45) is 10.9 Å². The fourth-order valence-electron chi connectivity index (χ4n) is 0.180. The maximum atomic E-state index is 5.07. The summed E-state index contributed by atoms with van der Waals surface area (Å²) >= 11 is 0. The van der Waals surface area contributed by atoms with Gasteiger partial charge in [-0.1, -0.05) is 5.16 Å². The van der Waals surface area contributed by atoms with E-state index in [4.69, 9.17) is 5.73 Å². The lowest BCUT2D eigenvalue weighted by Crippen LogP contribution is -2.05. The standard InChI is InChI=1S/C4H10N2O/c1-2-6-7-4-3-5/h2H,3-5H2,1H3/b6-2+. The van der Waals surface area contributed by atoms with Gasteiger partial charge < -0.3 is 10.6 Å². The summed E-state index contributed by atoms with van der Waals surface area (Å²) in [6.07, 6.45) is 1.58. The third-order valence-corrected chi connectivity index (χ3v) is 0.389. The molecular formula is C4H10N2O. The van der Waals surface area contributed by atoms with Gasteiger partial charge in [0, 0.05) is 12.8 Å². The predicted octanol–water partition coefficient (Wildman–Crippen LogP) is -0.0326. The molecule has 0 aromatic heterocycles. The van der Waals surface area contributed by atoms with E-state index in [0.717, 1.165) is 0 Å². The number of nitrogens with two attached hydrogens (primary N) is 1.